The molecule has 0 aliphatic carbocycles. The minimum absolute atomic E-state index is 0.0105. The lowest BCUT2D eigenvalue weighted by atomic mass is 9.52. The van der Waals surface area contributed by atoms with Crippen LogP contribution in [0.3, 0.4) is 0 Å². The molecule has 1 nitrogen and oxygen atoms in total. The summed E-state index contributed by atoms with van der Waals surface area (Å²) in [5, 5.41) is 1.38. The second kappa shape index (κ2) is 7.65. The first-order valence-electron chi connectivity index (χ1n) is 11.9. The van der Waals surface area contributed by atoms with Gasteiger partial charge in [-0.15, -0.1) is 6.58 Å². The van der Waals surface area contributed by atoms with Crippen LogP contribution in [0.1, 0.15) is 83.3 Å². The summed E-state index contributed by atoms with van der Waals surface area (Å²) in [6.45, 7) is 29.8. The van der Waals surface area contributed by atoms with Crippen LogP contribution in [0.2, 0.25) is 0 Å². The number of aromatic nitrogens is 1. The molecule has 2 aromatic carbocycles. The van der Waals surface area contributed by atoms with E-state index in [-0.39, 0.29) is 21.8 Å². The molecule has 0 amide bonds. The van der Waals surface area contributed by atoms with Gasteiger partial charge in [0, 0.05) is 16.6 Å². The van der Waals surface area contributed by atoms with Crippen molar-refractivity contribution in [3.05, 3.63) is 83.1 Å². The van der Waals surface area contributed by atoms with Crippen LogP contribution in [0.4, 0.5) is 0 Å². The van der Waals surface area contributed by atoms with E-state index in [0.29, 0.717) is 0 Å². The molecule has 0 fully saturated rings. The lowest BCUT2D eigenvalue weighted by molar-refractivity contribution is 0.0693. The summed E-state index contributed by atoms with van der Waals surface area (Å²) in [7, 11) is 0. The molecule has 3 aromatic rings. The molecule has 0 atom stereocenters. The number of hydrogen-bond acceptors (Lipinski definition) is 0. The zero-order chi connectivity index (χ0) is 24.3. The van der Waals surface area contributed by atoms with Crippen LogP contribution in [0.5, 0.6) is 0 Å². The van der Waals surface area contributed by atoms with Crippen LogP contribution >= 0.6 is 0 Å². The Morgan fingerprint density at radius 2 is 1.28 bits per heavy atom. The molecule has 1 heterocycles. The van der Waals surface area contributed by atoms with Crippen molar-refractivity contribution in [1.82, 2.24) is 4.57 Å². The molecule has 3 rings (SSSR count). The highest BCUT2D eigenvalue weighted by Crippen LogP contribution is 2.56. The highest BCUT2D eigenvalue weighted by Gasteiger charge is 2.49. The molecule has 0 spiro atoms. The summed E-state index contributed by atoms with van der Waals surface area (Å²) in [6, 6.07) is 16.0. The summed E-state index contributed by atoms with van der Waals surface area (Å²) < 4.78 is 2.57. The van der Waals surface area contributed by atoms with Crippen molar-refractivity contribution in [2.75, 3.05) is 0 Å². The van der Waals surface area contributed by atoms with Crippen molar-refractivity contribution >= 4 is 10.9 Å². The summed E-state index contributed by atoms with van der Waals surface area (Å²) >= 11 is 0. The fourth-order valence-corrected chi connectivity index (χ4v) is 5.51. The zero-order valence-corrected chi connectivity index (χ0v) is 22.3. The van der Waals surface area contributed by atoms with Gasteiger partial charge in [0.1, 0.15) is 0 Å². The van der Waals surface area contributed by atoms with Gasteiger partial charge in [-0.25, -0.2) is 0 Å². The predicted octanol–water partition coefficient (Wildman–Crippen LogP) is 8.87. The monoisotopic (exact) mass is 429 g/mol. The van der Waals surface area contributed by atoms with Gasteiger partial charge in [-0.1, -0.05) is 89.1 Å². The number of aryl methyl sites for hydroxylation is 2. The normalized spacial score (nSPS) is 13.6. The van der Waals surface area contributed by atoms with Crippen LogP contribution in [-0.2, 0) is 11.0 Å². The maximum atomic E-state index is 4.19. The molecule has 0 unspecified atom stereocenters. The Bertz CT molecular complexity index is 1150. The largest absolute Gasteiger partial charge is 0.335 e. The molecular formula is C31H43N. The molecule has 0 bridgehead atoms. The van der Waals surface area contributed by atoms with E-state index in [9.17, 15) is 0 Å². The van der Waals surface area contributed by atoms with Crippen molar-refractivity contribution in [3.63, 3.8) is 0 Å². The maximum absolute atomic E-state index is 4.19. The van der Waals surface area contributed by atoms with Gasteiger partial charge in [0.05, 0.1) is 5.54 Å². The van der Waals surface area contributed by atoms with Crippen LogP contribution < -0.4 is 0 Å². The van der Waals surface area contributed by atoms with E-state index in [4.69, 9.17) is 0 Å². The third-order valence-electron chi connectivity index (χ3n) is 8.99. The van der Waals surface area contributed by atoms with Gasteiger partial charge < -0.3 is 4.57 Å². The average molecular weight is 430 g/mol. The number of nitrogens with zero attached hydrogens (tertiary/aromatic N) is 1. The Morgan fingerprint density at radius 3 is 1.81 bits per heavy atom. The maximum Gasteiger partial charge on any atom is 0.0643 e. The molecule has 1 aromatic heterocycles. The van der Waals surface area contributed by atoms with Crippen LogP contribution in [0.25, 0.3) is 10.9 Å². The SMILES string of the molecule is C=CC(C)(C)C(C)(C)C(C)(C)c1c(C)n(C(C)(C)c2ccc(C)cc2)c2ccc(C)cc12. The van der Waals surface area contributed by atoms with E-state index in [0.717, 1.165) is 0 Å². The molecule has 0 saturated carbocycles. The van der Waals surface area contributed by atoms with Gasteiger partial charge in [0.25, 0.3) is 0 Å². The molecule has 0 aliphatic rings. The van der Waals surface area contributed by atoms with Gasteiger partial charge >= 0.3 is 0 Å². The number of allylic oxidation sites excluding steroid dienone is 1. The van der Waals surface area contributed by atoms with E-state index in [1.807, 2.05) is 0 Å². The van der Waals surface area contributed by atoms with E-state index in [1.165, 1.54) is 38.9 Å². The average Bonchev–Trinajstić information content (AvgIpc) is 3.00. The zero-order valence-electron chi connectivity index (χ0n) is 22.3. The van der Waals surface area contributed by atoms with Crippen molar-refractivity contribution in [3.8, 4) is 0 Å². The molecule has 0 radical (unpaired) electrons. The van der Waals surface area contributed by atoms with Gasteiger partial charge in [-0.3, -0.25) is 0 Å². The fourth-order valence-electron chi connectivity index (χ4n) is 5.51. The van der Waals surface area contributed by atoms with E-state index in [1.54, 1.807) is 0 Å². The molecule has 0 N–H and O–H groups in total. The van der Waals surface area contributed by atoms with Crippen LogP contribution in [0.15, 0.2) is 55.1 Å². The van der Waals surface area contributed by atoms with Gasteiger partial charge in [-0.2, -0.15) is 0 Å². The topological polar surface area (TPSA) is 4.93 Å². The minimum atomic E-state index is -0.169. The van der Waals surface area contributed by atoms with E-state index < -0.39 is 0 Å². The third kappa shape index (κ3) is 3.45. The van der Waals surface area contributed by atoms with Gasteiger partial charge in [-0.05, 0) is 74.1 Å². The fraction of sp³-hybridized carbons (Fsp3) is 0.484. The molecule has 0 saturated heterocycles. The quantitative estimate of drug-likeness (QED) is 0.345. The van der Waals surface area contributed by atoms with Crippen molar-refractivity contribution < 1.29 is 0 Å². The highest BCUT2D eigenvalue weighted by molar-refractivity contribution is 5.88. The van der Waals surface area contributed by atoms with E-state index >= 15 is 0 Å². The number of rotatable bonds is 6. The lowest BCUT2D eigenvalue weighted by Crippen LogP contribution is -2.46. The van der Waals surface area contributed by atoms with Crippen molar-refractivity contribution in [2.45, 2.75) is 87.1 Å². The molecule has 32 heavy (non-hydrogen) atoms. The predicted molar refractivity (Wildman–Crippen MR) is 142 cm³/mol. The molecule has 172 valence electrons. The Kier molecular flexibility index (Phi) is 5.82. The number of fused-ring (bicyclic) bond motifs is 1. The Balaban J connectivity index is 2.40. The standard InChI is InChI=1S/C31H43N/c1-13-28(5,6)31(11,12)29(7,8)27-23(4)32(26-19-16-22(3)20-25(26)27)30(9,10)24-17-14-21(2)15-18-24/h13-20H,1H2,2-12H3. The van der Waals surface area contributed by atoms with E-state index in [2.05, 4.69) is 136 Å². The van der Waals surface area contributed by atoms with Gasteiger partial charge in [0.15, 0.2) is 0 Å². The second-order valence-corrected chi connectivity index (χ2v) is 11.9. The third-order valence-corrected chi connectivity index (χ3v) is 8.99. The first kappa shape index (κ1) is 24.4. The molecular weight excluding hydrogens is 386 g/mol. The number of benzene rings is 2. The summed E-state index contributed by atoms with van der Waals surface area (Å²) in [5.41, 5.74) is 7.78. The van der Waals surface area contributed by atoms with Crippen molar-refractivity contribution in [1.29, 1.82) is 0 Å². The van der Waals surface area contributed by atoms with Crippen LogP contribution in [-0.4, -0.2) is 4.57 Å². The van der Waals surface area contributed by atoms with Crippen molar-refractivity contribution in [2.24, 2.45) is 10.8 Å². The summed E-state index contributed by atoms with van der Waals surface area (Å²) in [5.74, 6) is 0. The summed E-state index contributed by atoms with van der Waals surface area (Å²) in [4.78, 5) is 0. The minimum Gasteiger partial charge on any atom is -0.335 e. The second-order valence-electron chi connectivity index (χ2n) is 11.9. The smallest absolute Gasteiger partial charge is 0.0643 e. The molecule has 1 heteroatoms. The Labute approximate surface area is 196 Å². The number of hydrogen-bond donors (Lipinski definition) is 0. The first-order valence-corrected chi connectivity index (χ1v) is 11.9. The summed E-state index contributed by atoms with van der Waals surface area (Å²) in [6.07, 6.45) is 2.13. The first-order chi connectivity index (χ1) is 14.6. The lowest BCUT2D eigenvalue weighted by Gasteiger charge is -2.51. The molecule has 0 aliphatic heterocycles. The Morgan fingerprint density at radius 1 is 0.750 bits per heavy atom. The Hall–Kier alpha value is -2.28. The van der Waals surface area contributed by atoms with Gasteiger partial charge in [0.2, 0.25) is 0 Å². The van der Waals surface area contributed by atoms with Crippen LogP contribution in [0, 0.1) is 31.6 Å². The highest BCUT2D eigenvalue weighted by atomic mass is 15.1.